The maximum absolute atomic E-state index is 13.3. The highest BCUT2D eigenvalue weighted by Crippen LogP contribution is 2.35. The lowest BCUT2D eigenvalue weighted by molar-refractivity contribution is -0.139. The van der Waals surface area contributed by atoms with Crippen LogP contribution in [0.3, 0.4) is 0 Å². The Hall–Kier alpha value is -2.34. The van der Waals surface area contributed by atoms with Gasteiger partial charge in [0.15, 0.2) is 0 Å². The minimum atomic E-state index is -0.206. The SMILES string of the molecule is CCCOc1ccc(C2=C(N(C)C3CCN(C)CC3)C(=O)N(C(C)C)C2=O)cc1. The van der Waals surface area contributed by atoms with E-state index in [2.05, 4.69) is 18.9 Å². The molecule has 0 aliphatic carbocycles. The molecule has 2 aliphatic heterocycles. The lowest BCUT2D eigenvalue weighted by Crippen LogP contribution is -2.44. The van der Waals surface area contributed by atoms with Gasteiger partial charge in [-0.3, -0.25) is 14.5 Å². The molecular weight excluding hydrogens is 366 g/mol. The molecule has 0 radical (unpaired) electrons. The lowest BCUT2D eigenvalue weighted by atomic mass is 10.00. The maximum Gasteiger partial charge on any atom is 0.278 e. The molecule has 1 aromatic rings. The van der Waals surface area contributed by atoms with Crippen LogP contribution in [0.5, 0.6) is 5.75 Å². The van der Waals surface area contributed by atoms with E-state index in [0.29, 0.717) is 17.9 Å². The van der Waals surface area contributed by atoms with Crippen molar-refractivity contribution < 1.29 is 14.3 Å². The quantitative estimate of drug-likeness (QED) is 0.660. The number of amides is 2. The Labute approximate surface area is 174 Å². The molecular formula is C23H33N3O3. The fourth-order valence-corrected chi connectivity index (χ4v) is 4.09. The molecule has 0 saturated carbocycles. The highest BCUT2D eigenvalue weighted by atomic mass is 16.5. The number of piperidine rings is 1. The van der Waals surface area contributed by atoms with Crippen LogP contribution in [0.4, 0.5) is 0 Å². The van der Waals surface area contributed by atoms with Gasteiger partial charge in [0, 0.05) is 19.1 Å². The molecule has 0 spiro atoms. The summed E-state index contributed by atoms with van der Waals surface area (Å²) in [6, 6.07) is 7.60. The summed E-state index contributed by atoms with van der Waals surface area (Å²) in [5, 5.41) is 0. The standard InChI is InChI=1S/C23H33N3O3/c1-6-15-29-19-9-7-17(8-10-19)20-21(23(28)26(16(2)3)22(20)27)25(5)18-11-13-24(4)14-12-18/h7-10,16,18H,6,11-15H2,1-5H3. The molecule has 6 nitrogen and oxygen atoms in total. The van der Waals surface area contributed by atoms with Gasteiger partial charge in [-0.05, 0) is 70.9 Å². The van der Waals surface area contributed by atoms with Crippen LogP contribution in [0.1, 0.15) is 45.6 Å². The average molecular weight is 400 g/mol. The van der Waals surface area contributed by atoms with Crippen molar-refractivity contribution in [2.24, 2.45) is 0 Å². The van der Waals surface area contributed by atoms with Crippen LogP contribution in [-0.2, 0) is 9.59 Å². The van der Waals surface area contributed by atoms with Crippen LogP contribution in [-0.4, -0.2) is 72.4 Å². The molecule has 2 amide bonds. The van der Waals surface area contributed by atoms with E-state index in [9.17, 15) is 9.59 Å². The molecule has 1 aromatic carbocycles. The third-order valence-electron chi connectivity index (χ3n) is 5.81. The zero-order valence-electron chi connectivity index (χ0n) is 18.3. The van der Waals surface area contributed by atoms with Gasteiger partial charge in [0.2, 0.25) is 0 Å². The van der Waals surface area contributed by atoms with Crippen molar-refractivity contribution in [1.29, 1.82) is 0 Å². The summed E-state index contributed by atoms with van der Waals surface area (Å²) in [5.41, 5.74) is 1.80. The van der Waals surface area contributed by atoms with Crippen molar-refractivity contribution in [1.82, 2.24) is 14.7 Å². The Morgan fingerprint density at radius 2 is 1.72 bits per heavy atom. The molecule has 2 aliphatic rings. The first-order valence-corrected chi connectivity index (χ1v) is 10.6. The number of likely N-dealkylation sites (tertiary alicyclic amines) is 1. The third-order valence-corrected chi connectivity index (χ3v) is 5.81. The molecule has 6 heteroatoms. The van der Waals surface area contributed by atoms with Crippen LogP contribution in [0, 0.1) is 0 Å². The fraction of sp³-hybridized carbons (Fsp3) is 0.565. The molecule has 0 unspecified atom stereocenters. The van der Waals surface area contributed by atoms with Crippen molar-refractivity contribution in [2.45, 2.75) is 52.1 Å². The molecule has 0 atom stereocenters. The zero-order valence-corrected chi connectivity index (χ0v) is 18.3. The first-order valence-electron chi connectivity index (χ1n) is 10.6. The van der Waals surface area contributed by atoms with Gasteiger partial charge in [0.1, 0.15) is 11.4 Å². The second-order valence-corrected chi connectivity index (χ2v) is 8.32. The van der Waals surface area contributed by atoms with Crippen molar-refractivity contribution in [3.05, 3.63) is 35.5 Å². The van der Waals surface area contributed by atoms with Gasteiger partial charge in [-0.25, -0.2) is 0 Å². The molecule has 0 aromatic heterocycles. The predicted molar refractivity (Wildman–Crippen MR) is 114 cm³/mol. The summed E-state index contributed by atoms with van der Waals surface area (Å²) in [6.07, 6.45) is 2.90. The summed E-state index contributed by atoms with van der Waals surface area (Å²) >= 11 is 0. The first kappa shape index (κ1) is 21.4. The fourth-order valence-electron chi connectivity index (χ4n) is 4.09. The molecule has 2 heterocycles. The van der Waals surface area contributed by atoms with E-state index in [-0.39, 0.29) is 23.9 Å². The number of likely N-dealkylation sites (N-methyl/N-ethyl adjacent to an activating group) is 1. The van der Waals surface area contributed by atoms with Gasteiger partial charge in [0.05, 0.1) is 12.2 Å². The number of carbonyl (C=O) groups is 2. The Kier molecular flexibility index (Phi) is 6.63. The highest BCUT2D eigenvalue weighted by molar-refractivity contribution is 6.35. The number of hydrogen-bond donors (Lipinski definition) is 0. The first-order chi connectivity index (χ1) is 13.8. The Balaban J connectivity index is 1.97. The molecule has 0 bridgehead atoms. The third kappa shape index (κ3) is 4.32. The maximum atomic E-state index is 13.3. The molecule has 0 N–H and O–H groups in total. The zero-order chi connectivity index (χ0) is 21.1. The second-order valence-electron chi connectivity index (χ2n) is 8.32. The topological polar surface area (TPSA) is 53.1 Å². The van der Waals surface area contributed by atoms with E-state index < -0.39 is 0 Å². The number of nitrogens with zero attached hydrogens (tertiary/aromatic N) is 3. The predicted octanol–water partition coefficient (Wildman–Crippen LogP) is 2.99. The Morgan fingerprint density at radius 3 is 2.28 bits per heavy atom. The van der Waals surface area contributed by atoms with Crippen LogP contribution in [0.25, 0.3) is 5.57 Å². The number of carbonyl (C=O) groups excluding carboxylic acids is 2. The summed E-state index contributed by atoms with van der Waals surface area (Å²) in [6.45, 7) is 8.48. The number of rotatable bonds is 7. The van der Waals surface area contributed by atoms with E-state index in [1.54, 1.807) is 0 Å². The van der Waals surface area contributed by atoms with E-state index in [4.69, 9.17) is 4.74 Å². The summed E-state index contributed by atoms with van der Waals surface area (Å²) in [5.74, 6) is 0.383. The molecule has 29 heavy (non-hydrogen) atoms. The van der Waals surface area contributed by atoms with Gasteiger partial charge >= 0.3 is 0 Å². The van der Waals surface area contributed by atoms with Gasteiger partial charge in [-0.2, -0.15) is 0 Å². The highest BCUT2D eigenvalue weighted by Gasteiger charge is 2.43. The summed E-state index contributed by atoms with van der Waals surface area (Å²) in [4.78, 5) is 32.3. The van der Waals surface area contributed by atoms with Crippen molar-refractivity contribution in [3.63, 3.8) is 0 Å². The van der Waals surface area contributed by atoms with Crippen molar-refractivity contribution >= 4 is 17.4 Å². The molecule has 158 valence electrons. The number of benzene rings is 1. The second kappa shape index (κ2) is 8.99. The van der Waals surface area contributed by atoms with Gasteiger partial charge in [0.25, 0.3) is 11.8 Å². The number of hydrogen-bond acceptors (Lipinski definition) is 5. The van der Waals surface area contributed by atoms with E-state index in [0.717, 1.165) is 43.7 Å². The normalized spacial score (nSPS) is 18.9. The lowest BCUT2D eigenvalue weighted by Gasteiger charge is -2.36. The van der Waals surface area contributed by atoms with Crippen LogP contribution < -0.4 is 4.74 Å². The van der Waals surface area contributed by atoms with Gasteiger partial charge in [-0.15, -0.1) is 0 Å². The molecule has 1 fully saturated rings. The largest absolute Gasteiger partial charge is 0.494 e. The molecule has 1 saturated heterocycles. The van der Waals surface area contributed by atoms with E-state index >= 15 is 0 Å². The minimum absolute atomic E-state index is 0.180. The van der Waals surface area contributed by atoms with Gasteiger partial charge in [-0.1, -0.05) is 19.1 Å². The van der Waals surface area contributed by atoms with Gasteiger partial charge < -0.3 is 14.5 Å². The Morgan fingerprint density at radius 1 is 1.10 bits per heavy atom. The smallest absolute Gasteiger partial charge is 0.278 e. The molecule has 3 rings (SSSR count). The van der Waals surface area contributed by atoms with Crippen LogP contribution in [0.15, 0.2) is 30.0 Å². The van der Waals surface area contributed by atoms with E-state index in [1.165, 1.54) is 4.90 Å². The monoisotopic (exact) mass is 399 g/mol. The minimum Gasteiger partial charge on any atom is -0.494 e. The number of imide groups is 1. The van der Waals surface area contributed by atoms with Crippen molar-refractivity contribution in [3.8, 4) is 5.75 Å². The van der Waals surface area contributed by atoms with E-state index in [1.807, 2.05) is 50.1 Å². The summed E-state index contributed by atoms with van der Waals surface area (Å²) in [7, 11) is 4.08. The summed E-state index contributed by atoms with van der Waals surface area (Å²) < 4.78 is 5.67. The van der Waals surface area contributed by atoms with Crippen LogP contribution >= 0.6 is 0 Å². The van der Waals surface area contributed by atoms with Crippen molar-refractivity contribution in [2.75, 3.05) is 33.8 Å². The average Bonchev–Trinajstić information content (AvgIpc) is 2.97. The number of ether oxygens (including phenoxy) is 1. The van der Waals surface area contributed by atoms with Crippen LogP contribution in [0.2, 0.25) is 0 Å². The Bertz CT molecular complexity index is 777.